The van der Waals surface area contributed by atoms with E-state index in [0.717, 1.165) is 11.1 Å². The number of carbonyl (C=O) groups excluding carboxylic acids is 3. The number of hydrogen-bond donors (Lipinski definition) is 4. The van der Waals surface area contributed by atoms with E-state index in [9.17, 15) is 27.6 Å². The molecule has 0 aromatic heterocycles. The normalized spacial score (nSPS) is 12.8. The number of hydrogen-bond acceptors (Lipinski definition) is 6. The van der Waals surface area contributed by atoms with Crippen LogP contribution in [0.2, 0.25) is 0 Å². The molecular formula is C26H33N3O7S. The van der Waals surface area contributed by atoms with Crippen molar-refractivity contribution in [3.63, 3.8) is 0 Å². The van der Waals surface area contributed by atoms with Gasteiger partial charge in [-0.1, -0.05) is 67.6 Å². The zero-order valence-electron chi connectivity index (χ0n) is 20.7. The van der Waals surface area contributed by atoms with Crippen molar-refractivity contribution in [3.05, 3.63) is 71.8 Å². The van der Waals surface area contributed by atoms with Crippen molar-refractivity contribution in [1.29, 1.82) is 0 Å². The van der Waals surface area contributed by atoms with E-state index in [1.54, 1.807) is 24.3 Å². The Morgan fingerprint density at radius 2 is 1.43 bits per heavy atom. The maximum atomic E-state index is 12.6. The summed E-state index contributed by atoms with van der Waals surface area (Å²) in [4.78, 5) is 48.6. The van der Waals surface area contributed by atoms with Crippen molar-refractivity contribution in [2.75, 3.05) is 18.8 Å². The molecule has 2 rings (SSSR count). The van der Waals surface area contributed by atoms with E-state index >= 15 is 0 Å². The fraction of sp³-hybridized carbons (Fsp3) is 0.385. The largest absolute Gasteiger partial charge is 0.481 e. The molecule has 2 aromatic rings. The Hall–Kier alpha value is -3.57. The van der Waals surface area contributed by atoms with E-state index in [-0.39, 0.29) is 24.5 Å². The number of rotatable bonds is 16. The van der Waals surface area contributed by atoms with Crippen molar-refractivity contribution in [2.24, 2.45) is 5.92 Å². The summed E-state index contributed by atoms with van der Waals surface area (Å²) in [6.45, 7) is 1.21. The van der Waals surface area contributed by atoms with Gasteiger partial charge in [0, 0.05) is 18.9 Å². The van der Waals surface area contributed by atoms with Crippen LogP contribution in [0.15, 0.2) is 60.7 Å². The summed E-state index contributed by atoms with van der Waals surface area (Å²) >= 11 is 0. The second kappa shape index (κ2) is 14.9. The number of aliphatic carboxylic acids is 1. The van der Waals surface area contributed by atoms with Gasteiger partial charge >= 0.3 is 5.97 Å². The third kappa shape index (κ3) is 11.8. The van der Waals surface area contributed by atoms with Crippen molar-refractivity contribution in [2.45, 2.75) is 38.6 Å². The van der Waals surface area contributed by atoms with Crippen molar-refractivity contribution in [1.82, 2.24) is 15.4 Å². The van der Waals surface area contributed by atoms with Gasteiger partial charge in [0.05, 0.1) is 24.8 Å². The first kappa shape index (κ1) is 29.7. The molecule has 2 atom stereocenters. The summed E-state index contributed by atoms with van der Waals surface area (Å²) in [7, 11) is -3.81. The van der Waals surface area contributed by atoms with E-state index in [0.29, 0.717) is 13.0 Å². The minimum absolute atomic E-state index is 0.152. The summed E-state index contributed by atoms with van der Waals surface area (Å²) in [5.41, 5.74) is 1.87. The smallest absolute Gasteiger partial charge is 0.305 e. The average molecular weight is 532 g/mol. The molecule has 0 spiro atoms. The lowest BCUT2D eigenvalue weighted by molar-refractivity contribution is -0.140. The minimum Gasteiger partial charge on any atom is -0.481 e. The quantitative estimate of drug-likeness (QED) is 0.252. The highest BCUT2D eigenvalue weighted by Crippen LogP contribution is 2.06. The van der Waals surface area contributed by atoms with Crippen LogP contribution in [0.1, 0.15) is 30.9 Å². The molecule has 0 bridgehead atoms. The maximum absolute atomic E-state index is 12.6. The number of carboxylic acid groups (broad SMARTS) is 1. The van der Waals surface area contributed by atoms with Crippen LogP contribution in [0.5, 0.6) is 0 Å². The van der Waals surface area contributed by atoms with Crippen LogP contribution < -0.4 is 15.4 Å². The summed E-state index contributed by atoms with van der Waals surface area (Å²) in [5, 5.41) is 14.2. The van der Waals surface area contributed by atoms with Crippen LogP contribution in [0.3, 0.4) is 0 Å². The van der Waals surface area contributed by atoms with Crippen LogP contribution in [0.4, 0.5) is 0 Å². The Morgan fingerprint density at radius 3 is 2.00 bits per heavy atom. The summed E-state index contributed by atoms with van der Waals surface area (Å²) in [6, 6.07) is 17.1. The molecular weight excluding hydrogens is 498 g/mol. The van der Waals surface area contributed by atoms with Crippen LogP contribution in [0, 0.1) is 5.92 Å². The van der Waals surface area contributed by atoms with E-state index in [2.05, 4.69) is 15.4 Å². The zero-order valence-corrected chi connectivity index (χ0v) is 21.5. The molecule has 2 unspecified atom stereocenters. The zero-order chi connectivity index (χ0) is 27.3. The van der Waals surface area contributed by atoms with Gasteiger partial charge in [0.1, 0.15) is 0 Å². The molecule has 0 aliphatic heterocycles. The van der Waals surface area contributed by atoms with Crippen molar-refractivity contribution >= 4 is 33.6 Å². The average Bonchev–Trinajstić information content (AvgIpc) is 2.86. The first-order chi connectivity index (χ1) is 17.6. The van der Waals surface area contributed by atoms with Crippen molar-refractivity contribution < 1.29 is 32.7 Å². The molecule has 2 aromatic carbocycles. The van der Waals surface area contributed by atoms with Crippen LogP contribution in [-0.2, 0) is 42.0 Å². The van der Waals surface area contributed by atoms with Crippen LogP contribution in [-0.4, -0.2) is 62.0 Å². The Balaban J connectivity index is 1.82. The predicted octanol–water partition coefficient (Wildman–Crippen LogP) is 1.06. The van der Waals surface area contributed by atoms with Gasteiger partial charge in [-0.25, -0.2) is 13.1 Å². The number of amides is 2. The molecule has 37 heavy (non-hydrogen) atoms. The Bertz CT molecular complexity index is 1160. The number of benzene rings is 2. The van der Waals surface area contributed by atoms with Gasteiger partial charge in [-0.15, -0.1) is 0 Å². The number of nitrogens with one attached hydrogen (secondary N) is 3. The fourth-order valence-corrected chi connectivity index (χ4v) is 4.45. The van der Waals surface area contributed by atoms with Crippen LogP contribution >= 0.6 is 0 Å². The molecule has 200 valence electrons. The number of aryl methyl sites for hydroxylation is 1. The van der Waals surface area contributed by atoms with Gasteiger partial charge in [0.15, 0.2) is 5.78 Å². The van der Waals surface area contributed by atoms with Gasteiger partial charge in [-0.2, -0.15) is 0 Å². The molecule has 0 radical (unpaired) electrons. The highest BCUT2D eigenvalue weighted by molar-refractivity contribution is 7.89. The van der Waals surface area contributed by atoms with E-state index in [4.69, 9.17) is 5.11 Å². The second-order valence-electron chi connectivity index (χ2n) is 8.69. The molecule has 0 saturated carbocycles. The molecule has 0 saturated heterocycles. The summed E-state index contributed by atoms with van der Waals surface area (Å²) in [6.07, 6.45) is 0.00120. The topological polar surface area (TPSA) is 159 Å². The number of Topliss-reactive ketones (excluding diaryl/α,β-unsaturated/α-hetero) is 1. The molecule has 2 amide bonds. The lowest BCUT2D eigenvalue weighted by Crippen LogP contribution is -2.48. The van der Waals surface area contributed by atoms with E-state index in [1.807, 2.05) is 36.4 Å². The van der Waals surface area contributed by atoms with Gasteiger partial charge in [0.2, 0.25) is 21.8 Å². The lowest BCUT2D eigenvalue weighted by Gasteiger charge is -2.19. The lowest BCUT2D eigenvalue weighted by atomic mass is 10.0. The monoisotopic (exact) mass is 531 g/mol. The maximum Gasteiger partial charge on any atom is 0.305 e. The summed E-state index contributed by atoms with van der Waals surface area (Å²) < 4.78 is 26.7. The third-order valence-electron chi connectivity index (χ3n) is 5.57. The van der Waals surface area contributed by atoms with Gasteiger partial charge in [-0.3, -0.25) is 19.2 Å². The molecule has 0 aliphatic rings. The Kier molecular flexibility index (Phi) is 11.9. The molecule has 0 fully saturated rings. The highest BCUT2D eigenvalue weighted by Gasteiger charge is 2.27. The van der Waals surface area contributed by atoms with Gasteiger partial charge in [0.25, 0.3) is 0 Å². The van der Waals surface area contributed by atoms with Crippen LogP contribution in [0.25, 0.3) is 0 Å². The second-order valence-corrected chi connectivity index (χ2v) is 10.6. The fourth-order valence-electron chi connectivity index (χ4n) is 3.44. The first-order valence-electron chi connectivity index (χ1n) is 11.9. The standard InChI is InChI=1S/C26H33N3O7S/c1-19(16-24(31)27-14-12-20-8-4-2-5-9-20)26(34)29-22(17-25(32)33)23(30)18-28-37(35,36)15-13-21-10-6-3-7-11-21/h2-11,19,22,28H,12-18H2,1H3,(H,27,31)(H,29,34)(H,32,33). The van der Waals surface area contributed by atoms with Gasteiger partial charge < -0.3 is 15.7 Å². The number of carboxylic acids is 1. The number of ketones is 1. The van der Waals surface area contributed by atoms with Crippen molar-refractivity contribution in [3.8, 4) is 0 Å². The van der Waals surface area contributed by atoms with Gasteiger partial charge in [-0.05, 0) is 24.0 Å². The highest BCUT2D eigenvalue weighted by atomic mass is 32.2. The predicted molar refractivity (Wildman–Crippen MR) is 138 cm³/mol. The number of sulfonamides is 1. The summed E-state index contributed by atoms with van der Waals surface area (Å²) in [5.74, 6) is -4.24. The molecule has 10 nitrogen and oxygen atoms in total. The molecule has 4 N–H and O–H groups in total. The van der Waals surface area contributed by atoms with E-state index < -0.39 is 52.6 Å². The Morgan fingerprint density at radius 1 is 0.865 bits per heavy atom. The van der Waals surface area contributed by atoms with E-state index in [1.165, 1.54) is 6.92 Å². The SMILES string of the molecule is CC(CC(=O)NCCc1ccccc1)C(=O)NC(CC(=O)O)C(=O)CNS(=O)(=O)CCc1ccccc1. The first-order valence-corrected chi connectivity index (χ1v) is 13.6. The number of carbonyl (C=O) groups is 4. The molecule has 11 heteroatoms. The Labute approximate surface area is 216 Å². The minimum atomic E-state index is -3.81. The molecule has 0 aliphatic carbocycles. The molecule has 0 heterocycles. The third-order valence-corrected chi connectivity index (χ3v) is 6.90.